The van der Waals surface area contributed by atoms with Crippen LogP contribution in [0.4, 0.5) is 5.69 Å². The zero-order valence-corrected chi connectivity index (χ0v) is 18.2. The molecule has 1 heterocycles. The van der Waals surface area contributed by atoms with E-state index in [9.17, 15) is 13.0 Å². The van der Waals surface area contributed by atoms with Crippen LogP contribution in [0.1, 0.15) is 26.3 Å². The predicted molar refractivity (Wildman–Crippen MR) is 76.5 cm³/mol. The standard InChI is InChI=1S/C15H14NO3S.2Na/c1-9-15(2,3)14-11(16-9)8-7-10-5-4-6-12(13(10)14)20(17,18)19;;/h5-8H,1-3H3,(H,17,18,19);;/q-1;2*+1/p-1. The van der Waals surface area contributed by atoms with Crippen molar-refractivity contribution in [3.8, 4) is 0 Å². The van der Waals surface area contributed by atoms with E-state index in [1.54, 1.807) is 12.1 Å². The van der Waals surface area contributed by atoms with Gasteiger partial charge in [-0.2, -0.15) is 18.2 Å². The summed E-state index contributed by atoms with van der Waals surface area (Å²) >= 11 is 0. The van der Waals surface area contributed by atoms with Crippen LogP contribution in [0.2, 0.25) is 0 Å². The monoisotopic (exact) mass is 333 g/mol. The zero-order chi connectivity index (χ0) is 14.7. The SMILES string of the molecule is CC1=Nc2ccc3c[c-]cc(S(=O)(=O)[O-])c3c2C1(C)C.[Na+].[Na+]. The van der Waals surface area contributed by atoms with Gasteiger partial charge in [-0.1, -0.05) is 13.8 Å². The Morgan fingerprint density at radius 1 is 1.18 bits per heavy atom. The van der Waals surface area contributed by atoms with Gasteiger partial charge in [-0.3, -0.25) is 13.4 Å². The van der Waals surface area contributed by atoms with Crippen LogP contribution in [0, 0.1) is 6.07 Å². The molecule has 0 aliphatic carbocycles. The van der Waals surface area contributed by atoms with Gasteiger partial charge >= 0.3 is 59.1 Å². The summed E-state index contributed by atoms with van der Waals surface area (Å²) in [7, 11) is -4.55. The summed E-state index contributed by atoms with van der Waals surface area (Å²) in [6.07, 6.45) is 0. The van der Waals surface area contributed by atoms with Gasteiger partial charge < -0.3 is 4.55 Å². The first-order chi connectivity index (χ1) is 9.23. The molecule has 22 heavy (non-hydrogen) atoms. The van der Waals surface area contributed by atoms with E-state index < -0.39 is 15.5 Å². The topological polar surface area (TPSA) is 69.6 Å². The third-order valence-corrected chi connectivity index (χ3v) is 4.86. The molecule has 0 radical (unpaired) electrons. The molecule has 0 bridgehead atoms. The Morgan fingerprint density at radius 3 is 2.41 bits per heavy atom. The van der Waals surface area contributed by atoms with Crippen LogP contribution in [0.3, 0.4) is 0 Å². The molecule has 0 saturated heterocycles. The first kappa shape index (κ1) is 20.3. The van der Waals surface area contributed by atoms with Gasteiger partial charge in [0.1, 0.15) is 0 Å². The molecule has 0 aromatic heterocycles. The van der Waals surface area contributed by atoms with Crippen LogP contribution in [0.5, 0.6) is 0 Å². The summed E-state index contributed by atoms with van der Waals surface area (Å²) in [6, 6.07) is 9.28. The van der Waals surface area contributed by atoms with Gasteiger partial charge in [-0.05, 0) is 23.4 Å². The Bertz CT molecular complexity index is 874. The third-order valence-electron chi connectivity index (χ3n) is 4.00. The van der Waals surface area contributed by atoms with Crippen molar-refractivity contribution in [2.75, 3.05) is 0 Å². The van der Waals surface area contributed by atoms with Crippen LogP contribution in [-0.4, -0.2) is 18.7 Å². The molecule has 0 fully saturated rings. The molecule has 0 amide bonds. The van der Waals surface area contributed by atoms with Crippen LogP contribution >= 0.6 is 0 Å². The van der Waals surface area contributed by atoms with Crippen LogP contribution in [0.15, 0.2) is 34.2 Å². The second kappa shape index (κ2) is 6.65. The Labute approximate surface area is 174 Å². The second-order valence-electron chi connectivity index (χ2n) is 5.52. The van der Waals surface area contributed by atoms with E-state index in [1.807, 2.05) is 26.8 Å². The average molecular weight is 333 g/mol. The summed E-state index contributed by atoms with van der Waals surface area (Å²) in [5.41, 5.74) is 2.05. The van der Waals surface area contributed by atoms with Crippen LogP contribution < -0.4 is 59.1 Å². The second-order valence-corrected chi connectivity index (χ2v) is 6.87. The van der Waals surface area contributed by atoms with E-state index in [-0.39, 0.29) is 64.0 Å². The fraction of sp³-hybridized carbons (Fsp3) is 0.267. The van der Waals surface area contributed by atoms with Crippen molar-refractivity contribution in [2.45, 2.75) is 31.1 Å². The van der Waals surface area contributed by atoms with Crippen molar-refractivity contribution in [1.29, 1.82) is 0 Å². The molecule has 1 aliphatic rings. The summed E-state index contributed by atoms with van der Waals surface area (Å²) in [6.45, 7) is 5.87. The summed E-state index contributed by atoms with van der Waals surface area (Å²) in [5, 5.41) is 1.17. The van der Waals surface area contributed by atoms with Gasteiger partial charge in [-0.15, -0.1) is 16.8 Å². The zero-order valence-electron chi connectivity index (χ0n) is 13.4. The average Bonchev–Trinajstić information content (AvgIpc) is 2.58. The number of nitrogens with zero attached hydrogens (tertiary/aromatic N) is 1. The molecule has 0 N–H and O–H groups in total. The van der Waals surface area contributed by atoms with Gasteiger partial charge in [0.2, 0.25) is 0 Å². The van der Waals surface area contributed by atoms with E-state index >= 15 is 0 Å². The smallest absolute Gasteiger partial charge is 0.754 e. The van der Waals surface area contributed by atoms with Crippen molar-refractivity contribution in [3.63, 3.8) is 0 Å². The Hall–Kier alpha value is 0.280. The molecule has 0 unspecified atom stereocenters. The number of fused-ring (bicyclic) bond motifs is 3. The molecule has 104 valence electrons. The maximum absolute atomic E-state index is 11.5. The van der Waals surface area contributed by atoms with Crippen molar-refractivity contribution in [3.05, 3.63) is 35.9 Å². The van der Waals surface area contributed by atoms with Crippen molar-refractivity contribution in [2.24, 2.45) is 4.99 Å². The van der Waals surface area contributed by atoms with Gasteiger partial charge in [0.15, 0.2) is 0 Å². The number of benzene rings is 2. The number of rotatable bonds is 1. The van der Waals surface area contributed by atoms with Crippen molar-refractivity contribution < 1.29 is 72.1 Å². The first-order valence-electron chi connectivity index (χ1n) is 6.22. The molecule has 1 aliphatic heterocycles. The van der Waals surface area contributed by atoms with Gasteiger partial charge in [0.05, 0.1) is 15.8 Å². The molecule has 0 atom stereocenters. The van der Waals surface area contributed by atoms with Crippen molar-refractivity contribution in [1.82, 2.24) is 0 Å². The van der Waals surface area contributed by atoms with E-state index in [0.29, 0.717) is 10.8 Å². The molecule has 7 heteroatoms. The van der Waals surface area contributed by atoms with E-state index in [4.69, 9.17) is 0 Å². The van der Waals surface area contributed by atoms with Gasteiger partial charge in [-0.25, -0.2) is 0 Å². The molecular weight excluding hydrogens is 320 g/mol. The van der Waals surface area contributed by atoms with E-state index in [2.05, 4.69) is 11.1 Å². The molecule has 2 aromatic rings. The Kier molecular flexibility index (Phi) is 6.14. The minimum Gasteiger partial charge on any atom is -0.754 e. The molecular formula is C15H13NNa2O3S. The minimum atomic E-state index is -4.55. The van der Waals surface area contributed by atoms with Crippen LogP contribution in [0.25, 0.3) is 10.8 Å². The number of hydrogen-bond acceptors (Lipinski definition) is 4. The normalized spacial score (nSPS) is 15.5. The fourth-order valence-corrected chi connectivity index (χ4v) is 3.38. The summed E-state index contributed by atoms with van der Waals surface area (Å²) in [4.78, 5) is 4.27. The number of aliphatic imine (C=N–C) groups is 1. The molecule has 0 spiro atoms. The number of hydrogen-bond donors (Lipinski definition) is 0. The van der Waals surface area contributed by atoms with E-state index in [0.717, 1.165) is 17.0 Å². The molecule has 2 aromatic carbocycles. The Balaban J connectivity index is 0.00000121. The van der Waals surface area contributed by atoms with Crippen LogP contribution in [-0.2, 0) is 15.5 Å². The maximum atomic E-state index is 11.5. The molecule has 3 rings (SSSR count). The van der Waals surface area contributed by atoms with Gasteiger partial charge in [0, 0.05) is 11.1 Å². The quantitative estimate of drug-likeness (QED) is 0.316. The predicted octanol–water partition coefficient (Wildman–Crippen LogP) is -3.06. The largest absolute Gasteiger partial charge is 1.00 e. The minimum absolute atomic E-state index is 0. The van der Waals surface area contributed by atoms with Gasteiger partial charge in [0.25, 0.3) is 0 Å². The maximum Gasteiger partial charge on any atom is 1.00 e. The third kappa shape index (κ3) is 3.10. The molecule has 0 saturated carbocycles. The molecule has 4 nitrogen and oxygen atoms in total. The summed E-state index contributed by atoms with van der Waals surface area (Å²) < 4.78 is 34.6. The fourth-order valence-electron chi connectivity index (χ4n) is 2.70. The first-order valence-corrected chi connectivity index (χ1v) is 7.62. The van der Waals surface area contributed by atoms with Crippen molar-refractivity contribution >= 4 is 32.3 Å². The Morgan fingerprint density at radius 2 is 1.82 bits per heavy atom. The summed E-state index contributed by atoms with van der Waals surface area (Å²) in [5.74, 6) is 0. The van der Waals surface area contributed by atoms with E-state index in [1.165, 1.54) is 6.07 Å².